The maximum absolute atomic E-state index is 12.4. The van der Waals surface area contributed by atoms with Gasteiger partial charge in [0.05, 0.1) is 24.4 Å². The molecule has 0 aromatic heterocycles. The molecular weight excluding hydrogens is 532 g/mol. The minimum atomic E-state index is -0.595. The normalized spacial score (nSPS) is 58.1. The Morgan fingerprint density at radius 1 is 0.744 bits per heavy atom. The van der Waals surface area contributed by atoms with Crippen molar-refractivity contribution in [3.63, 3.8) is 0 Å². The molecule has 43 heavy (non-hydrogen) atoms. The number of hydrogen-bond donors (Lipinski definition) is 4. The second kappa shape index (κ2) is 11.8. The van der Waals surface area contributed by atoms with Crippen LogP contribution in [-0.2, 0) is 0 Å². The molecule has 4 N–H and O–H groups in total. The first kappa shape index (κ1) is 32.8. The van der Waals surface area contributed by atoms with Gasteiger partial charge in [0.15, 0.2) is 0 Å². The maximum atomic E-state index is 12.4. The minimum absolute atomic E-state index is 0.00397. The molecule has 0 aromatic rings. The van der Waals surface area contributed by atoms with Crippen molar-refractivity contribution in [1.82, 2.24) is 0 Å². The van der Waals surface area contributed by atoms with E-state index in [0.29, 0.717) is 11.8 Å². The van der Waals surface area contributed by atoms with Crippen LogP contribution >= 0.6 is 0 Å². The van der Waals surface area contributed by atoms with E-state index >= 15 is 0 Å². The van der Waals surface area contributed by atoms with Crippen molar-refractivity contribution in [1.29, 1.82) is 0 Å². The van der Waals surface area contributed by atoms with Crippen LogP contribution in [0.4, 0.5) is 0 Å². The quantitative estimate of drug-likeness (QED) is 0.265. The molecule has 0 aromatic carbocycles. The summed E-state index contributed by atoms with van der Waals surface area (Å²) >= 11 is 0. The van der Waals surface area contributed by atoms with E-state index in [1.165, 1.54) is 57.8 Å². The number of aliphatic hydroxyl groups is 4. The Kier molecular flexibility index (Phi) is 9.01. The Balaban J connectivity index is 1.21. The summed E-state index contributed by atoms with van der Waals surface area (Å²) in [5, 5.41) is 46.6. The summed E-state index contributed by atoms with van der Waals surface area (Å²) in [6.07, 6.45) is 15.8. The van der Waals surface area contributed by atoms with E-state index in [2.05, 4.69) is 41.5 Å². The topological polar surface area (TPSA) is 80.9 Å². The lowest BCUT2D eigenvalue weighted by molar-refractivity contribution is -0.283. The van der Waals surface area contributed by atoms with Crippen LogP contribution < -0.4 is 0 Å². The third-order valence-electron chi connectivity index (χ3n) is 16.4. The molecule has 11 unspecified atom stereocenters. The second-order valence-electron chi connectivity index (χ2n) is 18.8. The summed E-state index contributed by atoms with van der Waals surface area (Å²) in [5.74, 6) is 4.86. The lowest BCUT2D eigenvalue weighted by Crippen LogP contribution is -2.71. The summed E-state index contributed by atoms with van der Waals surface area (Å²) < 4.78 is 0. The zero-order chi connectivity index (χ0) is 31.1. The lowest BCUT2D eigenvalue weighted by atomic mass is 9.34. The van der Waals surface area contributed by atoms with Gasteiger partial charge in [-0.2, -0.15) is 0 Å². The van der Waals surface area contributed by atoms with Crippen LogP contribution in [0.3, 0.4) is 0 Å². The molecule has 0 saturated heterocycles. The summed E-state index contributed by atoms with van der Waals surface area (Å²) in [6, 6.07) is 0. The second-order valence-corrected chi connectivity index (χ2v) is 18.8. The highest BCUT2D eigenvalue weighted by Gasteiger charge is 2.70. The van der Waals surface area contributed by atoms with E-state index in [9.17, 15) is 20.4 Å². The van der Waals surface area contributed by atoms with Crippen LogP contribution in [0, 0.1) is 81.3 Å². The summed E-state index contributed by atoms with van der Waals surface area (Å²) in [4.78, 5) is 0. The van der Waals surface area contributed by atoms with Crippen LogP contribution in [0.2, 0.25) is 0 Å². The van der Waals surface area contributed by atoms with Gasteiger partial charge in [-0.25, -0.2) is 0 Å². The fraction of sp³-hybridized carbons (Fsp3) is 1.00. The van der Waals surface area contributed by atoms with Crippen LogP contribution in [0.25, 0.3) is 0 Å². The fourth-order valence-corrected chi connectivity index (χ4v) is 14.2. The first-order chi connectivity index (χ1) is 20.2. The molecule has 0 amide bonds. The highest BCUT2D eigenvalue weighted by atomic mass is 16.3. The largest absolute Gasteiger partial charge is 0.393 e. The van der Waals surface area contributed by atoms with Crippen LogP contribution in [0.15, 0.2) is 0 Å². The Labute approximate surface area is 264 Å². The number of fused-ring (bicyclic) bond motifs is 3. The van der Waals surface area contributed by atoms with Crippen molar-refractivity contribution >= 4 is 0 Å². The van der Waals surface area contributed by atoms with Gasteiger partial charge in [0.1, 0.15) is 0 Å². The Morgan fingerprint density at radius 2 is 1.35 bits per heavy atom. The van der Waals surface area contributed by atoms with Crippen molar-refractivity contribution in [2.24, 2.45) is 81.3 Å². The predicted molar refractivity (Wildman–Crippen MR) is 174 cm³/mol. The first-order valence-corrected chi connectivity index (χ1v) is 18.9. The molecule has 6 fully saturated rings. The number of rotatable bonds is 4. The van der Waals surface area contributed by atoms with Crippen molar-refractivity contribution < 1.29 is 20.4 Å². The molecule has 4 heteroatoms. The molecule has 248 valence electrons. The predicted octanol–water partition coefficient (Wildman–Crippen LogP) is 7.85. The first-order valence-electron chi connectivity index (χ1n) is 18.9. The average molecular weight is 601 g/mol. The zero-order valence-electron chi connectivity index (χ0n) is 28.8. The van der Waals surface area contributed by atoms with Gasteiger partial charge in [-0.15, -0.1) is 0 Å². The van der Waals surface area contributed by atoms with E-state index in [1.54, 1.807) is 0 Å². The van der Waals surface area contributed by atoms with Gasteiger partial charge in [-0.05, 0) is 122 Å². The number of hydrogen-bond acceptors (Lipinski definition) is 4. The SMILES string of the molecule is CC1CCC(CC2CCC(C3CCC(O)C4C(O)C5C(C)[C@]6(C)C(O)C(C(C)O)C(C)C[C@]6(C)C[C@]5(C)CC34)CC2)CC1. The van der Waals surface area contributed by atoms with E-state index < -0.39 is 24.4 Å². The molecule has 6 rings (SSSR count). The standard InChI is InChI=1S/C39H68O4/c1-22-8-10-26(11-9-22)18-27-12-14-28(15-13-27)29-16-17-31(41)33-30(29)20-37(5)21-38(6)19-23(2)32(25(4)40)36(43)39(38,7)24(3)34(37)35(33)42/h22-36,40-43H,8-21H2,1-7H3/t22?,23?,24?,25?,26?,27?,28?,29?,30?,31?,32?,33?,34?,35?,36?,37-,38+,39+/m0/s1. The van der Waals surface area contributed by atoms with E-state index in [-0.39, 0.29) is 45.8 Å². The Morgan fingerprint density at radius 3 is 1.95 bits per heavy atom. The third kappa shape index (κ3) is 5.31. The monoisotopic (exact) mass is 601 g/mol. The molecule has 0 spiro atoms. The minimum Gasteiger partial charge on any atom is -0.393 e. The van der Waals surface area contributed by atoms with Gasteiger partial charge in [0.25, 0.3) is 0 Å². The molecule has 6 aliphatic carbocycles. The number of aliphatic hydroxyl groups excluding tert-OH is 4. The average Bonchev–Trinajstić information content (AvgIpc) is 2.92. The van der Waals surface area contributed by atoms with Gasteiger partial charge in [-0.1, -0.05) is 80.1 Å². The third-order valence-corrected chi connectivity index (χ3v) is 16.4. The van der Waals surface area contributed by atoms with Crippen molar-refractivity contribution in [3.05, 3.63) is 0 Å². The van der Waals surface area contributed by atoms with Gasteiger partial charge in [0.2, 0.25) is 0 Å². The van der Waals surface area contributed by atoms with Crippen molar-refractivity contribution in [2.45, 2.75) is 163 Å². The maximum Gasteiger partial charge on any atom is 0.0656 e. The molecule has 0 heterocycles. The summed E-state index contributed by atoms with van der Waals surface area (Å²) in [5.41, 5.74) is -0.435. The smallest absolute Gasteiger partial charge is 0.0656 e. The Bertz CT molecular complexity index is 966. The van der Waals surface area contributed by atoms with Crippen LogP contribution in [0.1, 0.15) is 138 Å². The molecule has 0 radical (unpaired) electrons. The fourth-order valence-electron chi connectivity index (χ4n) is 14.2. The molecule has 0 aliphatic heterocycles. The zero-order valence-corrected chi connectivity index (χ0v) is 28.8. The van der Waals surface area contributed by atoms with E-state index in [1.807, 2.05) is 6.92 Å². The molecule has 4 nitrogen and oxygen atoms in total. The molecular formula is C39H68O4. The van der Waals surface area contributed by atoms with Gasteiger partial charge < -0.3 is 20.4 Å². The van der Waals surface area contributed by atoms with Crippen LogP contribution in [-0.4, -0.2) is 44.8 Å². The van der Waals surface area contributed by atoms with Crippen molar-refractivity contribution in [2.75, 3.05) is 0 Å². The van der Waals surface area contributed by atoms with E-state index in [4.69, 9.17) is 0 Å². The lowest BCUT2D eigenvalue weighted by Gasteiger charge is -2.72. The van der Waals surface area contributed by atoms with E-state index in [0.717, 1.165) is 55.8 Å². The molecule has 0 bridgehead atoms. The summed E-state index contributed by atoms with van der Waals surface area (Å²) in [7, 11) is 0. The van der Waals surface area contributed by atoms with Gasteiger partial charge in [0, 0.05) is 17.3 Å². The highest BCUT2D eigenvalue weighted by molar-refractivity contribution is 5.19. The van der Waals surface area contributed by atoms with Crippen molar-refractivity contribution in [3.8, 4) is 0 Å². The molecule has 14 atom stereocenters. The molecule has 6 aliphatic rings. The Hall–Kier alpha value is -0.160. The highest BCUT2D eigenvalue weighted by Crippen LogP contribution is 2.73. The van der Waals surface area contributed by atoms with Gasteiger partial charge >= 0.3 is 0 Å². The summed E-state index contributed by atoms with van der Waals surface area (Å²) in [6.45, 7) is 16.0. The van der Waals surface area contributed by atoms with Crippen LogP contribution in [0.5, 0.6) is 0 Å². The van der Waals surface area contributed by atoms with Gasteiger partial charge in [-0.3, -0.25) is 0 Å². The molecule has 6 saturated carbocycles.